The van der Waals surface area contributed by atoms with Crippen molar-refractivity contribution in [1.82, 2.24) is 20.0 Å². The molecule has 1 aliphatic heterocycles. The van der Waals surface area contributed by atoms with Crippen LogP contribution in [-0.2, 0) is 11.3 Å². The molecule has 2 heterocycles. The zero-order chi connectivity index (χ0) is 13.7. The molecule has 19 heavy (non-hydrogen) atoms. The summed E-state index contributed by atoms with van der Waals surface area (Å²) in [5.74, 6) is 1.08. The predicted molar refractivity (Wildman–Crippen MR) is 81.1 cm³/mol. The van der Waals surface area contributed by atoms with Crippen LogP contribution in [0.3, 0.4) is 0 Å². The van der Waals surface area contributed by atoms with Crippen LogP contribution in [0.5, 0.6) is 0 Å². The SMILES string of the molecule is CSCC[C@@H]1NC(=S)N(CCCn2cccn2)C1=O. The van der Waals surface area contributed by atoms with Crippen molar-refractivity contribution in [3.63, 3.8) is 0 Å². The molecule has 1 N–H and O–H groups in total. The number of carbonyl (C=O) groups is 1. The molecular weight excluding hydrogens is 280 g/mol. The summed E-state index contributed by atoms with van der Waals surface area (Å²) in [6.07, 6.45) is 7.40. The van der Waals surface area contributed by atoms with Gasteiger partial charge in [-0.25, -0.2) is 0 Å². The minimum absolute atomic E-state index is 0.111. The molecule has 104 valence electrons. The van der Waals surface area contributed by atoms with Crippen LogP contribution in [-0.4, -0.2) is 50.3 Å². The third kappa shape index (κ3) is 3.70. The highest BCUT2D eigenvalue weighted by Gasteiger charge is 2.34. The predicted octanol–water partition coefficient (Wildman–Crippen LogP) is 1.11. The highest BCUT2D eigenvalue weighted by molar-refractivity contribution is 7.98. The molecule has 1 atom stereocenters. The number of thiocarbonyl (C=S) groups is 1. The summed E-state index contributed by atoms with van der Waals surface area (Å²) in [6.45, 7) is 1.45. The zero-order valence-electron chi connectivity index (χ0n) is 10.9. The molecule has 0 aliphatic carbocycles. The van der Waals surface area contributed by atoms with Crippen molar-refractivity contribution in [2.75, 3.05) is 18.6 Å². The van der Waals surface area contributed by atoms with E-state index < -0.39 is 0 Å². The maximum absolute atomic E-state index is 12.2. The molecule has 7 heteroatoms. The van der Waals surface area contributed by atoms with Crippen LogP contribution in [0.1, 0.15) is 12.8 Å². The van der Waals surface area contributed by atoms with Crippen molar-refractivity contribution < 1.29 is 4.79 Å². The summed E-state index contributed by atoms with van der Waals surface area (Å²) >= 11 is 6.97. The van der Waals surface area contributed by atoms with Gasteiger partial charge in [0.05, 0.1) is 0 Å². The van der Waals surface area contributed by atoms with Crippen molar-refractivity contribution in [3.05, 3.63) is 18.5 Å². The van der Waals surface area contributed by atoms with Gasteiger partial charge in [-0.1, -0.05) is 0 Å². The summed E-state index contributed by atoms with van der Waals surface area (Å²) in [4.78, 5) is 13.8. The Balaban J connectivity index is 1.79. The molecule has 0 bridgehead atoms. The van der Waals surface area contributed by atoms with Crippen LogP contribution < -0.4 is 5.32 Å². The second-order valence-corrected chi connectivity index (χ2v) is 5.77. The average Bonchev–Trinajstić information content (AvgIpc) is 2.99. The number of thioether (sulfide) groups is 1. The van der Waals surface area contributed by atoms with Gasteiger partial charge in [0.1, 0.15) is 6.04 Å². The van der Waals surface area contributed by atoms with Crippen LogP contribution in [0, 0.1) is 0 Å². The Morgan fingerprint density at radius 2 is 2.37 bits per heavy atom. The molecule has 0 aromatic carbocycles. The Bertz CT molecular complexity index is 435. The molecule has 2 rings (SSSR count). The lowest BCUT2D eigenvalue weighted by Crippen LogP contribution is -2.33. The fourth-order valence-electron chi connectivity index (χ4n) is 2.04. The maximum Gasteiger partial charge on any atom is 0.251 e. The van der Waals surface area contributed by atoms with Crippen LogP contribution in [0.2, 0.25) is 0 Å². The summed E-state index contributed by atoms with van der Waals surface area (Å²) in [7, 11) is 0. The Morgan fingerprint density at radius 3 is 3.05 bits per heavy atom. The molecular formula is C12H18N4OS2. The minimum Gasteiger partial charge on any atom is -0.350 e. The second-order valence-electron chi connectivity index (χ2n) is 4.40. The molecule has 0 spiro atoms. The molecule has 1 fully saturated rings. The smallest absolute Gasteiger partial charge is 0.251 e. The first-order valence-corrected chi connectivity index (χ1v) is 8.11. The molecule has 1 saturated heterocycles. The summed E-state index contributed by atoms with van der Waals surface area (Å²) in [5, 5.41) is 7.81. The average molecular weight is 298 g/mol. The first kappa shape index (κ1) is 14.3. The number of aromatic nitrogens is 2. The molecule has 5 nitrogen and oxygen atoms in total. The van der Waals surface area contributed by atoms with Crippen LogP contribution >= 0.6 is 24.0 Å². The van der Waals surface area contributed by atoms with Gasteiger partial charge in [0.25, 0.3) is 5.91 Å². The van der Waals surface area contributed by atoms with E-state index in [0.29, 0.717) is 11.7 Å². The Morgan fingerprint density at radius 1 is 1.53 bits per heavy atom. The fraction of sp³-hybridized carbons (Fsp3) is 0.583. The van der Waals surface area contributed by atoms with E-state index in [1.807, 2.05) is 23.2 Å². The number of nitrogens with one attached hydrogen (secondary N) is 1. The Hall–Kier alpha value is -1.08. The lowest BCUT2D eigenvalue weighted by molar-refractivity contribution is -0.127. The number of carbonyl (C=O) groups excluding carboxylic acids is 1. The van der Waals surface area contributed by atoms with Gasteiger partial charge in [0.15, 0.2) is 5.11 Å². The highest BCUT2D eigenvalue weighted by atomic mass is 32.2. The van der Waals surface area contributed by atoms with Crippen molar-refractivity contribution in [2.45, 2.75) is 25.4 Å². The molecule has 1 aromatic heterocycles. The van der Waals surface area contributed by atoms with Gasteiger partial charge < -0.3 is 5.32 Å². The summed E-state index contributed by atoms with van der Waals surface area (Å²) < 4.78 is 1.86. The zero-order valence-corrected chi connectivity index (χ0v) is 12.5. The minimum atomic E-state index is -0.135. The van der Waals surface area contributed by atoms with E-state index in [1.165, 1.54) is 0 Å². The van der Waals surface area contributed by atoms with Crippen molar-refractivity contribution in [2.24, 2.45) is 0 Å². The van der Waals surface area contributed by atoms with Gasteiger partial charge in [0.2, 0.25) is 0 Å². The molecule has 1 amide bonds. The third-order valence-corrected chi connectivity index (χ3v) is 4.03. The lowest BCUT2D eigenvalue weighted by Gasteiger charge is -2.14. The van der Waals surface area contributed by atoms with Crippen molar-refractivity contribution >= 4 is 35.0 Å². The Kier molecular flexibility index (Phi) is 5.21. The van der Waals surface area contributed by atoms with Gasteiger partial charge in [0, 0.05) is 25.5 Å². The summed E-state index contributed by atoms with van der Waals surface area (Å²) in [6, 6.07) is 1.76. The van der Waals surface area contributed by atoms with Crippen LogP contribution in [0.4, 0.5) is 0 Å². The Labute approximate surface area is 122 Å². The van der Waals surface area contributed by atoms with Crippen LogP contribution in [0.15, 0.2) is 18.5 Å². The van der Waals surface area contributed by atoms with Crippen molar-refractivity contribution in [1.29, 1.82) is 0 Å². The quantitative estimate of drug-likeness (QED) is 0.764. The van der Waals surface area contributed by atoms with Gasteiger partial charge in [-0.2, -0.15) is 16.9 Å². The van der Waals surface area contributed by atoms with E-state index in [2.05, 4.69) is 10.4 Å². The van der Waals surface area contributed by atoms with Crippen LogP contribution in [0.25, 0.3) is 0 Å². The van der Waals surface area contributed by atoms with E-state index in [9.17, 15) is 4.79 Å². The standard InChI is InChI=1S/C12H18N4OS2/c1-19-9-4-10-11(17)16(12(18)14-10)8-3-7-15-6-2-5-13-15/h2,5-6,10H,3-4,7-9H2,1H3,(H,14,18)/t10-/m0/s1. The normalized spacial score (nSPS) is 19.0. The number of hydrogen-bond donors (Lipinski definition) is 1. The lowest BCUT2D eigenvalue weighted by atomic mass is 10.2. The molecule has 1 aliphatic rings. The second kappa shape index (κ2) is 6.91. The molecule has 0 saturated carbocycles. The first-order valence-electron chi connectivity index (χ1n) is 6.30. The first-order chi connectivity index (χ1) is 9.22. The number of nitrogens with zero attached hydrogens (tertiary/aromatic N) is 3. The van der Waals surface area contributed by atoms with Crippen molar-refractivity contribution in [3.8, 4) is 0 Å². The van der Waals surface area contributed by atoms with E-state index in [1.54, 1.807) is 22.9 Å². The van der Waals surface area contributed by atoms with Gasteiger partial charge in [-0.15, -0.1) is 0 Å². The van der Waals surface area contributed by atoms with E-state index in [0.717, 1.165) is 25.1 Å². The van der Waals surface area contributed by atoms with E-state index in [-0.39, 0.29) is 11.9 Å². The number of rotatable bonds is 7. The van der Waals surface area contributed by atoms with Gasteiger partial charge >= 0.3 is 0 Å². The molecule has 0 radical (unpaired) electrons. The maximum atomic E-state index is 12.2. The summed E-state index contributed by atoms with van der Waals surface area (Å²) in [5.41, 5.74) is 0. The number of aryl methyl sites for hydroxylation is 1. The molecule has 0 unspecified atom stereocenters. The van der Waals surface area contributed by atoms with Gasteiger partial charge in [-0.3, -0.25) is 14.4 Å². The number of amides is 1. The highest BCUT2D eigenvalue weighted by Crippen LogP contribution is 2.12. The monoisotopic (exact) mass is 298 g/mol. The van der Waals surface area contributed by atoms with E-state index >= 15 is 0 Å². The van der Waals surface area contributed by atoms with E-state index in [4.69, 9.17) is 12.2 Å². The fourth-order valence-corrected chi connectivity index (χ4v) is 2.84. The number of hydrogen-bond acceptors (Lipinski definition) is 4. The largest absolute Gasteiger partial charge is 0.350 e. The third-order valence-electron chi connectivity index (χ3n) is 3.05. The van der Waals surface area contributed by atoms with Gasteiger partial charge in [-0.05, 0) is 43.1 Å². The molecule has 1 aromatic rings. The topological polar surface area (TPSA) is 50.2 Å².